The molecule has 0 amide bonds. The average molecular weight is 214 g/mol. The predicted molar refractivity (Wildman–Crippen MR) is 69.3 cm³/mol. The zero-order valence-corrected chi connectivity index (χ0v) is 10.1. The minimum Gasteiger partial charge on any atom is -0.342 e. The third kappa shape index (κ3) is 2.61. The normalized spacial score (nSPS) is 11.2. The monoisotopic (exact) mass is 214 g/mol. The summed E-state index contributed by atoms with van der Waals surface area (Å²) in [6.45, 7) is 6.81. The van der Waals surface area contributed by atoms with Gasteiger partial charge in [-0.2, -0.15) is 0 Å². The van der Waals surface area contributed by atoms with Gasteiger partial charge in [-0.3, -0.25) is 0 Å². The molecule has 0 unspecified atom stereocenters. The predicted octanol–water partition coefficient (Wildman–Crippen LogP) is 2.56. The van der Waals surface area contributed by atoms with E-state index in [9.17, 15) is 0 Å². The van der Waals surface area contributed by atoms with Gasteiger partial charge in [-0.05, 0) is 10.8 Å². The lowest BCUT2D eigenvalue weighted by Crippen LogP contribution is -2.83. The molecule has 2 aromatic rings. The summed E-state index contributed by atoms with van der Waals surface area (Å²) in [7, 11) is 0. The Morgan fingerprint density at radius 2 is 1.75 bits per heavy atom. The molecule has 0 saturated carbocycles. The van der Waals surface area contributed by atoms with Crippen molar-refractivity contribution in [1.29, 1.82) is 0 Å². The minimum absolute atomic E-state index is 0.759. The van der Waals surface area contributed by atoms with E-state index >= 15 is 0 Å². The van der Waals surface area contributed by atoms with Crippen LogP contribution in [0.15, 0.2) is 42.5 Å². The molecule has 16 heavy (non-hydrogen) atoms. The summed E-state index contributed by atoms with van der Waals surface area (Å²) >= 11 is 0. The average Bonchev–Trinajstić information content (AvgIpc) is 2.29. The Morgan fingerprint density at radius 3 is 2.56 bits per heavy atom. The van der Waals surface area contributed by atoms with Crippen LogP contribution in [0.1, 0.15) is 19.4 Å². The van der Waals surface area contributed by atoms with E-state index in [-0.39, 0.29) is 0 Å². The maximum Gasteiger partial charge on any atom is 0.102 e. The summed E-state index contributed by atoms with van der Waals surface area (Å²) in [5.41, 5.74) is 1.44. The number of hydrogen-bond acceptors (Lipinski definition) is 0. The summed E-state index contributed by atoms with van der Waals surface area (Å²) in [4.78, 5) is 0. The van der Waals surface area contributed by atoms with Crippen molar-refractivity contribution in [2.45, 2.75) is 20.4 Å². The van der Waals surface area contributed by atoms with Crippen LogP contribution in [-0.2, 0) is 6.54 Å². The first-order valence-corrected chi connectivity index (χ1v) is 6.05. The Hall–Kier alpha value is -1.34. The molecule has 2 rings (SSSR count). The van der Waals surface area contributed by atoms with E-state index in [0.29, 0.717) is 0 Å². The molecule has 0 bridgehead atoms. The molecular formula is C15H20N+. The van der Waals surface area contributed by atoms with Crippen LogP contribution in [0, 0.1) is 5.92 Å². The summed E-state index contributed by atoms with van der Waals surface area (Å²) in [6.07, 6.45) is 0. The summed E-state index contributed by atoms with van der Waals surface area (Å²) in [5.74, 6) is 0.759. The molecule has 0 aromatic heterocycles. The first-order chi connectivity index (χ1) is 7.77. The molecule has 0 fully saturated rings. The van der Waals surface area contributed by atoms with Crippen LogP contribution in [0.25, 0.3) is 10.8 Å². The zero-order chi connectivity index (χ0) is 11.4. The standard InChI is InChI=1S/C15H19N/c1-12(2)10-16-11-14-8-5-7-13-6-3-4-9-15(13)14/h3-9,12,16H,10-11H2,1-2H3/p+1. The highest BCUT2D eigenvalue weighted by Gasteiger charge is 2.02. The van der Waals surface area contributed by atoms with Crippen molar-refractivity contribution in [1.82, 2.24) is 0 Å². The number of nitrogens with two attached hydrogens (primary N) is 1. The van der Waals surface area contributed by atoms with E-state index in [1.54, 1.807) is 0 Å². The van der Waals surface area contributed by atoms with Gasteiger partial charge in [0.05, 0.1) is 6.54 Å². The molecule has 2 N–H and O–H groups in total. The van der Waals surface area contributed by atoms with Crippen molar-refractivity contribution < 1.29 is 5.32 Å². The lowest BCUT2D eigenvalue weighted by atomic mass is 10.0. The molecule has 84 valence electrons. The molecule has 0 radical (unpaired) electrons. The minimum atomic E-state index is 0.759. The Morgan fingerprint density at radius 1 is 1.00 bits per heavy atom. The topological polar surface area (TPSA) is 16.6 Å². The summed E-state index contributed by atoms with van der Waals surface area (Å²) < 4.78 is 0. The van der Waals surface area contributed by atoms with Gasteiger partial charge in [-0.1, -0.05) is 56.3 Å². The highest BCUT2D eigenvalue weighted by molar-refractivity contribution is 5.85. The molecule has 0 aliphatic carbocycles. The molecule has 2 aromatic carbocycles. The lowest BCUT2D eigenvalue weighted by molar-refractivity contribution is -0.675. The Bertz CT molecular complexity index is 454. The second-order valence-electron chi connectivity index (χ2n) is 4.76. The number of fused-ring (bicyclic) bond motifs is 1. The van der Waals surface area contributed by atoms with E-state index in [4.69, 9.17) is 0 Å². The highest BCUT2D eigenvalue weighted by Crippen LogP contribution is 2.17. The number of quaternary nitrogens is 1. The molecule has 0 saturated heterocycles. The molecule has 0 atom stereocenters. The van der Waals surface area contributed by atoms with Crippen molar-refractivity contribution >= 4 is 10.8 Å². The van der Waals surface area contributed by atoms with Gasteiger partial charge >= 0.3 is 0 Å². The van der Waals surface area contributed by atoms with Crippen molar-refractivity contribution in [2.24, 2.45) is 5.92 Å². The van der Waals surface area contributed by atoms with Gasteiger partial charge in [0.25, 0.3) is 0 Å². The van der Waals surface area contributed by atoms with Gasteiger partial charge < -0.3 is 5.32 Å². The van der Waals surface area contributed by atoms with Gasteiger partial charge in [0, 0.05) is 11.5 Å². The fourth-order valence-electron chi connectivity index (χ4n) is 2.04. The first-order valence-electron chi connectivity index (χ1n) is 6.05. The molecule has 1 heteroatoms. The van der Waals surface area contributed by atoms with Crippen LogP contribution in [0.4, 0.5) is 0 Å². The maximum absolute atomic E-state index is 2.40. The third-order valence-electron chi connectivity index (χ3n) is 2.88. The fourth-order valence-corrected chi connectivity index (χ4v) is 2.04. The summed E-state index contributed by atoms with van der Waals surface area (Å²) in [5, 5.41) is 5.13. The van der Waals surface area contributed by atoms with Crippen molar-refractivity contribution in [3.05, 3.63) is 48.0 Å². The van der Waals surface area contributed by atoms with Gasteiger partial charge in [0.2, 0.25) is 0 Å². The molecular weight excluding hydrogens is 194 g/mol. The van der Waals surface area contributed by atoms with Crippen LogP contribution in [-0.4, -0.2) is 6.54 Å². The van der Waals surface area contributed by atoms with Crippen LogP contribution in [0.2, 0.25) is 0 Å². The molecule has 1 nitrogen and oxygen atoms in total. The molecule has 0 aliphatic heterocycles. The van der Waals surface area contributed by atoms with Crippen LogP contribution in [0.3, 0.4) is 0 Å². The Kier molecular flexibility index (Phi) is 3.58. The number of hydrogen-bond donors (Lipinski definition) is 1. The zero-order valence-electron chi connectivity index (χ0n) is 10.1. The van der Waals surface area contributed by atoms with Crippen LogP contribution >= 0.6 is 0 Å². The maximum atomic E-state index is 2.40. The van der Waals surface area contributed by atoms with Crippen LogP contribution < -0.4 is 5.32 Å². The second-order valence-corrected chi connectivity index (χ2v) is 4.76. The SMILES string of the molecule is CC(C)C[NH2+]Cc1cccc2ccccc12. The van der Waals surface area contributed by atoms with Gasteiger partial charge in [0.15, 0.2) is 0 Å². The number of benzene rings is 2. The first kappa shape index (κ1) is 11.2. The molecule has 0 aliphatic rings. The molecule has 0 heterocycles. The largest absolute Gasteiger partial charge is 0.342 e. The molecule has 0 spiro atoms. The Balaban J connectivity index is 2.17. The van der Waals surface area contributed by atoms with Gasteiger partial charge in [-0.25, -0.2) is 0 Å². The van der Waals surface area contributed by atoms with Crippen molar-refractivity contribution in [3.63, 3.8) is 0 Å². The van der Waals surface area contributed by atoms with E-state index in [1.165, 1.54) is 22.9 Å². The van der Waals surface area contributed by atoms with Gasteiger partial charge in [0.1, 0.15) is 6.54 Å². The van der Waals surface area contributed by atoms with Crippen LogP contribution in [0.5, 0.6) is 0 Å². The van der Waals surface area contributed by atoms with Crippen molar-refractivity contribution in [3.8, 4) is 0 Å². The quantitative estimate of drug-likeness (QED) is 0.805. The Labute approximate surface area is 97.5 Å². The highest BCUT2D eigenvalue weighted by atomic mass is 14.8. The van der Waals surface area contributed by atoms with Crippen molar-refractivity contribution in [2.75, 3.05) is 6.54 Å². The van der Waals surface area contributed by atoms with E-state index in [1.807, 2.05) is 0 Å². The smallest absolute Gasteiger partial charge is 0.102 e. The lowest BCUT2D eigenvalue weighted by Gasteiger charge is -2.07. The fraction of sp³-hybridized carbons (Fsp3) is 0.333. The number of rotatable bonds is 4. The summed E-state index contributed by atoms with van der Waals surface area (Å²) in [6, 6.07) is 15.2. The van der Waals surface area contributed by atoms with E-state index in [2.05, 4.69) is 61.6 Å². The van der Waals surface area contributed by atoms with E-state index < -0.39 is 0 Å². The second kappa shape index (κ2) is 5.13. The third-order valence-corrected chi connectivity index (χ3v) is 2.88. The van der Waals surface area contributed by atoms with E-state index in [0.717, 1.165) is 12.5 Å². The van der Waals surface area contributed by atoms with Gasteiger partial charge in [-0.15, -0.1) is 0 Å².